The van der Waals surface area contributed by atoms with E-state index in [1.165, 1.54) is 16.9 Å². The SMILES string of the molecule is O=[N+]([O-])c1c(NCCc2cccs2)ncnc1N1CCN(c2ccccc2)CC1. The molecule has 8 nitrogen and oxygen atoms in total. The van der Waals surface area contributed by atoms with E-state index < -0.39 is 0 Å². The number of nitrogens with zero attached hydrogens (tertiary/aromatic N) is 5. The minimum Gasteiger partial charge on any atom is -0.368 e. The zero-order valence-corrected chi connectivity index (χ0v) is 16.7. The highest BCUT2D eigenvalue weighted by atomic mass is 32.1. The molecule has 1 aromatic carbocycles. The number of aromatic nitrogens is 2. The second-order valence-corrected chi connectivity index (χ2v) is 7.75. The topological polar surface area (TPSA) is 87.4 Å². The summed E-state index contributed by atoms with van der Waals surface area (Å²) in [6.07, 6.45) is 2.20. The minimum atomic E-state index is -0.383. The fourth-order valence-corrected chi connectivity index (χ4v) is 4.18. The molecule has 1 aliphatic rings. The Morgan fingerprint density at radius 3 is 2.48 bits per heavy atom. The molecule has 3 heterocycles. The molecule has 1 saturated heterocycles. The van der Waals surface area contributed by atoms with Crippen molar-refractivity contribution in [2.24, 2.45) is 0 Å². The van der Waals surface area contributed by atoms with Crippen LogP contribution in [0, 0.1) is 10.1 Å². The summed E-state index contributed by atoms with van der Waals surface area (Å²) in [5.41, 5.74) is 1.12. The third-order valence-electron chi connectivity index (χ3n) is 4.93. The molecule has 0 bridgehead atoms. The van der Waals surface area contributed by atoms with Gasteiger partial charge in [-0.1, -0.05) is 24.3 Å². The summed E-state index contributed by atoms with van der Waals surface area (Å²) >= 11 is 1.67. The Kier molecular flexibility index (Phi) is 5.85. The number of nitro groups is 1. The van der Waals surface area contributed by atoms with E-state index in [4.69, 9.17) is 0 Å². The predicted octanol–water partition coefficient (Wildman–Crippen LogP) is 3.43. The Hall–Kier alpha value is -3.20. The molecule has 0 saturated carbocycles. The van der Waals surface area contributed by atoms with Crippen LogP contribution in [0.15, 0.2) is 54.2 Å². The third kappa shape index (κ3) is 4.45. The van der Waals surface area contributed by atoms with E-state index >= 15 is 0 Å². The summed E-state index contributed by atoms with van der Waals surface area (Å²) in [6, 6.07) is 14.3. The number of anilines is 3. The van der Waals surface area contributed by atoms with Crippen LogP contribution in [0.1, 0.15) is 4.88 Å². The van der Waals surface area contributed by atoms with Gasteiger partial charge in [-0.3, -0.25) is 10.1 Å². The largest absolute Gasteiger partial charge is 0.368 e. The lowest BCUT2D eigenvalue weighted by atomic mass is 10.2. The number of para-hydroxylation sites is 1. The molecule has 0 amide bonds. The molecule has 2 aromatic heterocycles. The van der Waals surface area contributed by atoms with Crippen LogP contribution in [0.2, 0.25) is 0 Å². The molecular weight excluding hydrogens is 388 g/mol. The van der Waals surface area contributed by atoms with Crippen LogP contribution in [0.3, 0.4) is 0 Å². The minimum absolute atomic E-state index is 0.0492. The first-order valence-electron chi connectivity index (χ1n) is 9.53. The van der Waals surface area contributed by atoms with Gasteiger partial charge in [0.05, 0.1) is 4.92 Å². The lowest BCUT2D eigenvalue weighted by molar-refractivity contribution is -0.383. The zero-order valence-electron chi connectivity index (χ0n) is 15.9. The Morgan fingerprint density at radius 1 is 1.03 bits per heavy atom. The van der Waals surface area contributed by atoms with E-state index in [1.807, 2.05) is 34.5 Å². The number of piperazine rings is 1. The van der Waals surface area contributed by atoms with E-state index in [9.17, 15) is 10.1 Å². The Morgan fingerprint density at radius 2 is 1.79 bits per heavy atom. The average Bonchev–Trinajstić information content (AvgIpc) is 3.28. The van der Waals surface area contributed by atoms with E-state index in [0.29, 0.717) is 25.5 Å². The van der Waals surface area contributed by atoms with Crippen molar-refractivity contribution in [1.29, 1.82) is 0 Å². The first-order chi connectivity index (χ1) is 14.2. The van der Waals surface area contributed by atoms with Crippen LogP contribution in [-0.4, -0.2) is 47.6 Å². The van der Waals surface area contributed by atoms with Crippen molar-refractivity contribution in [2.45, 2.75) is 6.42 Å². The number of hydrogen-bond donors (Lipinski definition) is 1. The lowest BCUT2D eigenvalue weighted by Gasteiger charge is -2.36. The second kappa shape index (κ2) is 8.87. The van der Waals surface area contributed by atoms with Gasteiger partial charge >= 0.3 is 5.69 Å². The van der Waals surface area contributed by atoms with Crippen LogP contribution >= 0.6 is 11.3 Å². The summed E-state index contributed by atoms with van der Waals surface area (Å²) in [7, 11) is 0. The summed E-state index contributed by atoms with van der Waals surface area (Å²) in [5, 5.41) is 17.0. The molecule has 29 heavy (non-hydrogen) atoms. The van der Waals surface area contributed by atoms with Crippen molar-refractivity contribution >= 4 is 34.3 Å². The van der Waals surface area contributed by atoms with Gasteiger partial charge in [-0.25, -0.2) is 9.97 Å². The van der Waals surface area contributed by atoms with Crippen LogP contribution in [0.25, 0.3) is 0 Å². The molecule has 1 aliphatic heterocycles. The monoisotopic (exact) mass is 410 g/mol. The lowest BCUT2D eigenvalue weighted by Crippen LogP contribution is -2.47. The molecule has 150 valence electrons. The van der Waals surface area contributed by atoms with Crippen molar-refractivity contribution in [2.75, 3.05) is 47.8 Å². The number of hydrogen-bond acceptors (Lipinski definition) is 8. The third-order valence-corrected chi connectivity index (χ3v) is 5.87. The molecular formula is C20H22N6O2S. The quantitative estimate of drug-likeness (QED) is 0.472. The first kappa shape index (κ1) is 19.1. The Balaban J connectivity index is 1.46. The van der Waals surface area contributed by atoms with Gasteiger partial charge in [0, 0.05) is 43.3 Å². The molecule has 0 aliphatic carbocycles. The number of rotatable bonds is 7. The van der Waals surface area contributed by atoms with E-state index in [-0.39, 0.29) is 16.4 Å². The number of benzene rings is 1. The molecule has 4 rings (SSSR count). The van der Waals surface area contributed by atoms with Gasteiger partial charge in [-0.05, 0) is 30.0 Å². The highest BCUT2D eigenvalue weighted by Crippen LogP contribution is 2.32. The van der Waals surface area contributed by atoms with Crippen molar-refractivity contribution in [3.05, 3.63) is 69.2 Å². The molecule has 0 radical (unpaired) electrons. The maximum absolute atomic E-state index is 11.8. The smallest absolute Gasteiger partial charge is 0.353 e. The predicted molar refractivity (Wildman–Crippen MR) is 116 cm³/mol. The van der Waals surface area contributed by atoms with Crippen molar-refractivity contribution in [3.63, 3.8) is 0 Å². The fraction of sp³-hybridized carbons (Fsp3) is 0.300. The van der Waals surface area contributed by atoms with Gasteiger partial charge in [-0.15, -0.1) is 11.3 Å². The molecule has 1 fully saturated rings. The average molecular weight is 411 g/mol. The Labute approximate surface area is 173 Å². The van der Waals surface area contributed by atoms with Crippen LogP contribution in [0.4, 0.5) is 23.0 Å². The Bertz CT molecular complexity index is 943. The van der Waals surface area contributed by atoms with E-state index in [0.717, 1.165) is 19.5 Å². The van der Waals surface area contributed by atoms with Gasteiger partial charge in [-0.2, -0.15) is 0 Å². The van der Waals surface area contributed by atoms with Gasteiger partial charge < -0.3 is 15.1 Å². The summed E-state index contributed by atoms with van der Waals surface area (Å²) < 4.78 is 0. The zero-order chi connectivity index (χ0) is 20.1. The standard InChI is InChI=1S/C20H22N6O2S/c27-26(28)18-19(21-9-8-17-7-4-14-29-17)22-15-23-20(18)25-12-10-24(11-13-25)16-5-2-1-3-6-16/h1-7,14-15H,8-13H2,(H,21,22,23). The summed E-state index contributed by atoms with van der Waals surface area (Å²) in [5.74, 6) is 0.665. The molecule has 0 spiro atoms. The van der Waals surface area contributed by atoms with Crippen molar-refractivity contribution in [3.8, 4) is 0 Å². The summed E-state index contributed by atoms with van der Waals surface area (Å²) in [4.78, 5) is 25.3. The van der Waals surface area contributed by atoms with Crippen molar-refractivity contribution in [1.82, 2.24) is 9.97 Å². The van der Waals surface area contributed by atoms with Gasteiger partial charge in [0.2, 0.25) is 11.6 Å². The second-order valence-electron chi connectivity index (χ2n) is 6.72. The number of nitrogens with one attached hydrogen (secondary N) is 1. The van der Waals surface area contributed by atoms with Crippen LogP contribution < -0.4 is 15.1 Å². The van der Waals surface area contributed by atoms with Gasteiger partial charge in [0.15, 0.2) is 0 Å². The van der Waals surface area contributed by atoms with E-state index in [1.54, 1.807) is 11.3 Å². The van der Waals surface area contributed by atoms with Crippen LogP contribution in [-0.2, 0) is 6.42 Å². The number of thiophene rings is 1. The molecule has 3 aromatic rings. The highest BCUT2D eigenvalue weighted by Gasteiger charge is 2.29. The highest BCUT2D eigenvalue weighted by molar-refractivity contribution is 7.09. The molecule has 1 N–H and O–H groups in total. The summed E-state index contributed by atoms with van der Waals surface area (Å²) in [6.45, 7) is 3.49. The van der Waals surface area contributed by atoms with E-state index in [2.05, 4.69) is 38.4 Å². The van der Waals surface area contributed by atoms with Crippen molar-refractivity contribution < 1.29 is 4.92 Å². The molecule has 0 unspecified atom stereocenters. The fourth-order valence-electron chi connectivity index (χ4n) is 3.47. The maximum Gasteiger partial charge on any atom is 0.353 e. The maximum atomic E-state index is 11.8. The molecule has 0 atom stereocenters. The first-order valence-corrected chi connectivity index (χ1v) is 10.4. The van der Waals surface area contributed by atoms with Crippen LogP contribution in [0.5, 0.6) is 0 Å². The van der Waals surface area contributed by atoms with Gasteiger partial charge in [0.1, 0.15) is 6.33 Å². The normalized spacial score (nSPS) is 14.1. The van der Waals surface area contributed by atoms with Gasteiger partial charge in [0.25, 0.3) is 0 Å². The molecule has 9 heteroatoms.